The number of nitrogens with two attached hydrogens (primary N) is 1. The highest BCUT2D eigenvalue weighted by molar-refractivity contribution is 5.77. The molecule has 0 aliphatic heterocycles. The van der Waals surface area contributed by atoms with E-state index >= 15 is 0 Å². The van der Waals surface area contributed by atoms with Gasteiger partial charge in [0.1, 0.15) is 24.7 Å². The Kier molecular flexibility index (Phi) is 4.87. The van der Waals surface area contributed by atoms with Crippen molar-refractivity contribution in [2.24, 2.45) is 10.7 Å². The zero-order valence-corrected chi connectivity index (χ0v) is 10.6. The molecule has 0 saturated carbocycles. The van der Waals surface area contributed by atoms with Crippen LogP contribution in [0.15, 0.2) is 58.1 Å². The molecule has 1 aromatic heterocycles. The van der Waals surface area contributed by atoms with Crippen LogP contribution >= 0.6 is 0 Å². The van der Waals surface area contributed by atoms with E-state index in [1.807, 2.05) is 42.5 Å². The monoisotopic (exact) mass is 259 g/mol. The Balaban J connectivity index is 1.64. The Morgan fingerprint density at radius 2 is 2.05 bits per heavy atom. The molecule has 0 amide bonds. The minimum absolute atomic E-state index is 0.382. The number of para-hydroxylation sites is 1. The first-order chi connectivity index (χ1) is 9.34. The van der Waals surface area contributed by atoms with Gasteiger partial charge in [-0.2, -0.15) is 0 Å². The fourth-order valence-electron chi connectivity index (χ4n) is 1.49. The standard InChI is InChI=1S/C14H17N3O2/c15-14(17-11-13-7-4-9-18-13)16-8-10-19-12-5-2-1-3-6-12/h1-7,9H,8,10-11H2,(H3,15,16,17). The summed E-state index contributed by atoms with van der Waals surface area (Å²) in [6.07, 6.45) is 1.61. The van der Waals surface area contributed by atoms with Crippen molar-refractivity contribution >= 4 is 5.96 Å². The number of furan rings is 1. The number of hydrogen-bond acceptors (Lipinski definition) is 3. The second kappa shape index (κ2) is 7.10. The molecule has 100 valence electrons. The Labute approximate surface area is 112 Å². The van der Waals surface area contributed by atoms with Crippen LogP contribution in [0.3, 0.4) is 0 Å². The van der Waals surface area contributed by atoms with Gasteiger partial charge in [-0.15, -0.1) is 0 Å². The third-order valence-corrected chi connectivity index (χ3v) is 2.41. The third-order valence-electron chi connectivity index (χ3n) is 2.41. The van der Waals surface area contributed by atoms with Crippen LogP contribution in [-0.4, -0.2) is 19.1 Å². The first-order valence-electron chi connectivity index (χ1n) is 6.08. The summed E-state index contributed by atoms with van der Waals surface area (Å²) >= 11 is 0. The maximum atomic E-state index is 5.71. The predicted molar refractivity (Wildman–Crippen MR) is 74.0 cm³/mol. The number of ether oxygens (including phenoxy) is 1. The lowest BCUT2D eigenvalue weighted by Gasteiger charge is -2.07. The molecule has 0 saturated heterocycles. The van der Waals surface area contributed by atoms with Gasteiger partial charge in [0.05, 0.1) is 12.8 Å². The fraction of sp³-hybridized carbons (Fsp3) is 0.214. The zero-order chi connectivity index (χ0) is 13.3. The summed E-state index contributed by atoms with van der Waals surface area (Å²) in [6, 6.07) is 13.3. The van der Waals surface area contributed by atoms with E-state index in [0.29, 0.717) is 25.7 Å². The summed E-state index contributed by atoms with van der Waals surface area (Å²) in [5.41, 5.74) is 5.71. The zero-order valence-electron chi connectivity index (χ0n) is 10.6. The van der Waals surface area contributed by atoms with E-state index < -0.39 is 0 Å². The highest BCUT2D eigenvalue weighted by atomic mass is 16.5. The minimum atomic E-state index is 0.382. The van der Waals surface area contributed by atoms with Crippen LogP contribution in [-0.2, 0) is 6.54 Å². The van der Waals surface area contributed by atoms with Gasteiger partial charge in [0.2, 0.25) is 0 Å². The van der Waals surface area contributed by atoms with Gasteiger partial charge in [-0.25, -0.2) is 4.99 Å². The average Bonchev–Trinajstić information content (AvgIpc) is 2.96. The predicted octanol–water partition coefficient (Wildman–Crippen LogP) is 1.76. The summed E-state index contributed by atoms with van der Waals surface area (Å²) < 4.78 is 10.7. The number of rotatable bonds is 6. The molecule has 0 fully saturated rings. The van der Waals surface area contributed by atoms with E-state index in [2.05, 4.69) is 10.3 Å². The van der Waals surface area contributed by atoms with Gasteiger partial charge in [0.25, 0.3) is 0 Å². The molecule has 0 unspecified atom stereocenters. The molecule has 0 atom stereocenters. The molecule has 0 spiro atoms. The molecule has 2 aromatic rings. The molecular weight excluding hydrogens is 242 g/mol. The van der Waals surface area contributed by atoms with Gasteiger partial charge in [0, 0.05) is 0 Å². The highest BCUT2D eigenvalue weighted by Gasteiger charge is 1.96. The summed E-state index contributed by atoms with van der Waals surface area (Å²) in [7, 11) is 0. The van der Waals surface area contributed by atoms with Crippen molar-refractivity contribution in [2.45, 2.75) is 6.54 Å². The molecule has 0 radical (unpaired) electrons. The molecular formula is C14H17N3O2. The first-order valence-corrected chi connectivity index (χ1v) is 6.08. The quantitative estimate of drug-likeness (QED) is 0.471. The van der Waals surface area contributed by atoms with Crippen molar-refractivity contribution in [3.05, 3.63) is 54.5 Å². The van der Waals surface area contributed by atoms with Crippen LogP contribution in [0.2, 0.25) is 0 Å². The smallest absolute Gasteiger partial charge is 0.189 e. The van der Waals surface area contributed by atoms with E-state index in [-0.39, 0.29) is 0 Å². The number of nitrogens with one attached hydrogen (secondary N) is 1. The summed E-state index contributed by atoms with van der Waals surface area (Å²) in [4.78, 5) is 4.15. The van der Waals surface area contributed by atoms with Crippen LogP contribution in [0, 0.1) is 0 Å². The van der Waals surface area contributed by atoms with Crippen LogP contribution in [0.25, 0.3) is 0 Å². The van der Waals surface area contributed by atoms with Gasteiger partial charge >= 0.3 is 0 Å². The largest absolute Gasteiger partial charge is 0.492 e. The van der Waals surface area contributed by atoms with Gasteiger partial charge in [0.15, 0.2) is 5.96 Å². The molecule has 1 heterocycles. The third kappa shape index (κ3) is 4.75. The van der Waals surface area contributed by atoms with Gasteiger partial charge in [-0.1, -0.05) is 18.2 Å². The summed E-state index contributed by atoms with van der Waals surface area (Å²) in [6.45, 7) is 1.56. The second-order valence-corrected chi connectivity index (χ2v) is 3.87. The Morgan fingerprint density at radius 1 is 1.21 bits per heavy atom. The second-order valence-electron chi connectivity index (χ2n) is 3.87. The Bertz CT molecular complexity index is 495. The molecule has 0 aliphatic carbocycles. The molecule has 0 bridgehead atoms. The Hall–Kier alpha value is -2.43. The van der Waals surface area contributed by atoms with E-state index in [9.17, 15) is 0 Å². The summed E-state index contributed by atoms with van der Waals surface area (Å²) in [5, 5.41) is 2.98. The molecule has 5 nitrogen and oxygen atoms in total. The highest BCUT2D eigenvalue weighted by Crippen LogP contribution is 2.07. The van der Waals surface area contributed by atoms with Crippen LogP contribution in [0.1, 0.15) is 5.76 Å². The lowest BCUT2D eigenvalue weighted by atomic mass is 10.3. The van der Waals surface area contributed by atoms with E-state index in [1.165, 1.54) is 0 Å². The van der Waals surface area contributed by atoms with Crippen molar-refractivity contribution < 1.29 is 9.15 Å². The number of aliphatic imine (C=N–C) groups is 1. The molecule has 5 heteroatoms. The maximum Gasteiger partial charge on any atom is 0.189 e. The number of hydrogen-bond donors (Lipinski definition) is 2. The van der Waals surface area contributed by atoms with E-state index in [1.54, 1.807) is 6.26 Å². The molecule has 0 aliphatic rings. The van der Waals surface area contributed by atoms with Crippen LogP contribution in [0.4, 0.5) is 0 Å². The lowest BCUT2D eigenvalue weighted by Crippen LogP contribution is -2.34. The lowest BCUT2D eigenvalue weighted by molar-refractivity contribution is 0.322. The maximum absolute atomic E-state index is 5.71. The number of guanidine groups is 1. The first kappa shape index (κ1) is 13.0. The normalized spacial score (nSPS) is 11.3. The van der Waals surface area contributed by atoms with Crippen molar-refractivity contribution in [1.82, 2.24) is 5.32 Å². The van der Waals surface area contributed by atoms with Gasteiger partial charge in [-0.3, -0.25) is 0 Å². The van der Waals surface area contributed by atoms with Crippen molar-refractivity contribution in [3.63, 3.8) is 0 Å². The van der Waals surface area contributed by atoms with Crippen molar-refractivity contribution in [3.8, 4) is 5.75 Å². The summed E-state index contributed by atoms with van der Waals surface area (Å²) in [5.74, 6) is 2.01. The Morgan fingerprint density at radius 3 is 2.79 bits per heavy atom. The average molecular weight is 259 g/mol. The van der Waals surface area contributed by atoms with E-state index in [0.717, 1.165) is 11.5 Å². The fourth-order valence-corrected chi connectivity index (χ4v) is 1.49. The number of benzene rings is 1. The van der Waals surface area contributed by atoms with Gasteiger partial charge < -0.3 is 20.2 Å². The van der Waals surface area contributed by atoms with E-state index in [4.69, 9.17) is 14.9 Å². The SMILES string of the molecule is NC(=NCc1ccco1)NCCOc1ccccc1. The van der Waals surface area contributed by atoms with Crippen molar-refractivity contribution in [2.75, 3.05) is 13.2 Å². The number of nitrogens with zero attached hydrogens (tertiary/aromatic N) is 1. The van der Waals surface area contributed by atoms with Crippen LogP contribution in [0.5, 0.6) is 5.75 Å². The van der Waals surface area contributed by atoms with Crippen molar-refractivity contribution in [1.29, 1.82) is 0 Å². The minimum Gasteiger partial charge on any atom is -0.492 e. The molecule has 19 heavy (non-hydrogen) atoms. The molecule has 3 N–H and O–H groups in total. The molecule has 2 rings (SSSR count). The molecule has 1 aromatic carbocycles. The van der Waals surface area contributed by atoms with Crippen LogP contribution < -0.4 is 15.8 Å². The topological polar surface area (TPSA) is 72.8 Å². The van der Waals surface area contributed by atoms with Gasteiger partial charge in [-0.05, 0) is 24.3 Å².